The maximum absolute atomic E-state index is 11.6. The third kappa shape index (κ3) is 3.86. The Morgan fingerprint density at radius 3 is 2.77 bits per heavy atom. The van der Waals surface area contributed by atoms with Crippen molar-refractivity contribution >= 4 is 39.2 Å². The van der Waals surface area contributed by atoms with Crippen LogP contribution >= 0.6 is 27.5 Å². The largest absolute Gasteiger partial charge is 0.473 e. The summed E-state index contributed by atoms with van der Waals surface area (Å²) in [5.41, 5.74) is 2.87. The highest BCUT2D eigenvalue weighted by Gasteiger charge is 2.17. The van der Waals surface area contributed by atoms with Gasteiger partial charge in [0.2, 0.25) is 5.88 Å². The van der Waals surface area contributed by atoms with Crippen molar-refractivity contribution in [3.8, 4) is 5.88 Å². The summed E-state index contributed by atoms with van der Waals surface area (Å²) in [6.07, 6.45) is 0. The summed E-state index contributed by atoms with van der Waals surface area (Å²) in [4.78, 5) is 15.7. The van der Waals surface area contributed by atoms with Gasteiger partial charge in [-0.1, -0.05) is 23.7 Å². The number of nitrogens with zero attached hydrogens (tertiary/aromatic N) is 2. The van der Waals surface area contributed by atoms with E-state index in [2.05, 4.69) is 20.9 Å². The Kier molecular flexibility index (Phi) is 5.56. The van der Waals surface area contributed by atoms with E-state index in [1.165, 1.54) is 0 Å². The molecule has 0 aliphatic rings. The molecule has 0 fully saturated rings. The van der Waals surface area contributed by atoms with Crippen LogP contribution in [0.15, 0.2) is 41.0 Å². The molecule has 1 aromatic carbocycles. The van der Waals surface area contributed by atoms with Gasteiger partial charge in [-0.3, -0.25) is 5.43 Å². The van der Waals surface area contributed by atoms with Gasteiger partial charge in [0, 0.05) is 16.7 Å². The number of rotatable bonds is 4. The summed E-state index contributed by atoms with van der Waals surface area (Å²) in [6, 6.07) is 9.57. The van der Waals surface area contributed by atoms with Crippen LogP contribution in [0.2, 0.25) is 5.02 Å². The van der Waals surface area contributed by atoms with E-state index < -0.39 is 6.03 Å². The van der Waals surface area contributed by atoms with Gasteiger partial charge in [-0.05, 0) is 34.1 Å². The molecule has 2 amide bonds. The smallest absolute Gasteiger partial charge is 0.350 e. The summed E-state index contributed by atoms with van der Waals surface area (Å²) in [5, 5.41) is 1.27. The number of carbonyl (C=O) groups is 1. The Bertz CT molecular complexity index is 685. The minimum Gasteiger partial charge on any atom is -0.473 e. The molecule has 0 bridgehead atoms. The number of halogens is 2. The van der Waals surface area contributed by atoms with Crippen LogP contribution < -0.4 is 26.9 Å². The van der Waals surface area contributed by atoms with E-state index >= 15 is 0 Å². The second-order valence-electron chi connectivity index (χ2n) is 4.14. The van der Waals surface area contributed by atoms with Gasteiger partial charge in [0.25, 0.3) is 0 Å². The van der Waals surface area contributed by atoms with Gasteiger partial charge in [0.1, 0.15) is 11.2 Å². The molecular formula is C13H13BrClN5O2. The number of benzene rings is 1. The van der Waals surface area contributed by atoms with Gasteiger partial charge in [-0.15, -0.1) is 0 Å². The van der Waals surface area contributed by atoms with Crippen LogP contribution in [-0.4, -0.2) is 11.0 Å². The summed E-state index contributed by atoms with van der Waals surface area (Å²) in [5.74, 6) is 11.2. The minimum atomic E-state index is -0.677. The Labute approximate surface area is 140 Å². The van der Waals surface area contributed by atoms with Crippen LogP contribution in [0.1, 0.15) is 5.56 Å². The zero-order valence-electron chi connectivity index (χ0n) is 11.3. The fourth-order valence-electron chi connectivity index (χ4n) is 1.71. The average molecular weight is 387 g/mol. The van der Waals surface area contributed by atoms with Gasteiger partial charge in [-0.25, -0.2) is 26.5 Å². The second-order valence-corrected chi connectivity index (χ2v) is 5.36. The number of amides is 2. The van der Waals surface area contributed by atoms with Crippen molar-refractivity contribution in [1.29, 1.82) is 0 Å². The van der Waals surface area contributed by atoms with Crippen LogP contribution in [0.3, 0.4) is 0 Å². The van der Waals surface area contributed by atoms with Crippen molar-refractivity contribution in [2.75, 3.05) is 5.01 Å². The number of carbonyl (C=O) groups excluding carboxylic acids is 1. The fourth-order valence-corrected chi connectivity index (χ4v) is 2.26. The van der Waals surface area contributed by atoms with E-state index in [0.717, 1.165) is 5.01 Å². The Morgan fingerprint density at radius 2 is 2.09 bits per heavy atom. The monoisotopic (exact) mass is 385 g/mol. The summed E-state index contributed by atoms with van der Waals surface area (Å²) < 4.78 is 6.23. The number of anilines is 1. The van der Waals surface area contributed by atoms with Crippen molar-refractivity contribution < 1.29 is 9.53 Å². The molecule has 9 heteroatoms. The maximum atomic E-state index is 11.6. The first-order valence-corrected chi connectivity index (χ1v) is 7.28. The van der Waals surface area contributed by atoms with Gasteiger partial charge in [0.05, 0.1) is 5.69 Å². The van der Waals surface area contributed by atoms with Crippen LogP contribution in [0.5, 0.6) is 5.88 Å². The lowest BCUT2D eigenvalue weighted by Crippen LogP contribution is -2.48. The highest BCUT2D eigenvalue weighted by molar-refractivity contribution is 9.10. The Hall–Kier alpha value is -1.87. The first kappa shape index (κ1) is 16.5. The minimum absolute atomic E-state index is 0.0873. The molecule has 0 aliphatic heterocycles. The predicted molar refractivity (Wildman–Crippen MR) is 87.1 cm³/mol. The maximum Gasteiger partial charge on any atom is 0.350 e. The Morgan fingerprint density at radius 1 is 1.36 bits per heavy atom. The van der Waals surface area contributed by atoms with Gasteiger partial charge in [-0.2, -0.15) is 0 Å². The quantitative estimate of drug-likeness (QED) is 0.324. The first-order valence-electron chi connectivity index (χ1n) is 6.11. The van der Waals surface area contributed by atoms with Crippen LogP contribution in [-0.2, 0) is 6.61 Å². The molecule has 0 radical (unpaired) electrons. The molecule has 22 heavy (non-hydrogen) atoms. The normalized spacial score (nSPS) is 10.2. The molecule has 0 aliphatic carbocycles. The van der Waals surface area contributed by atoms with Gasteiger partial charge >= 0.3 is 6.03 Å². The molecule has 0 unspecified atom stereocenters. The number of pyridine rings is 1. The van der Waals surface area contributed by atoms with E-state index in [4.69, 9.17) is 28.0 Å². The standard InChI is InChI=1S/C13H13BrClN5O2/c14-11-5-2-6-12(18-11)22-7-8-9(15)3-1-4-10(8)20(17)13(21)19-16/h1-6H,7,16-17H2,(H,19,21). The number of nitrogens with two attached hydrogens (primary N) is 2. The Balaban J connectivity index is 2.24. The van der Waals surface area contributed by atoms with Crippen molar-refractivity contribution in [2.24, 2.45) is 11.7 Å². The van der Waals surface area contributed by atoms with Crippen molar-refractivity contribution in [2.45, 2.75) is 6.61 Å². The number of hydrogen-bond donors (Lipinski definition) is 3. The lowest BCUT2D eigenvalue weighted by atomic mass is 10.2. The average Bonchev–Trinajstić information content (AvgIpc) is 2.52. The highest BCUT2D eigenvalue weighted by Crippen LogP contribution is 2.27. The van der Waals surface area contributed by atoms with E-state index in [0.29, 0.717) is 26.8 Å². The fraction of sp³-hybridized carbons (Fsp3) is 0.0769. The zero-order chi connectivity index (χ0) is 16.1. The molecule has 0 saturated heterocycles. The summed E-state index contributed by atoms with van der Waals surface area (Å²) in [6.45, 7) is 0.0873. The molecule has 2 aromatic rings. The number of ether oxygens (including phenoxy) is 1. The third-order valence-electron chi connectivity index (χ3n) is 2.75. The molecule has 1 heterocycles. The molecule has 2 rings (SSSR count). The first-order chi connectivity index (χ1) is 10.5. The van der Waals surface area contributed by atoms with Crippen LogP contribution in [0.4, 0.5) is 10.5 Å². The second kappa shape index (κ2) is 7.41. The summed E-state index contributed by atoms with van der Waals surface area (Å²) >= 11 is 9.42. The molecular weight excluding hydrogens is 374 g/mol. The number of aromatic nitrogens is 1. The number of urea groups is 1. The van der Waals surface area contributed by atoms with E-state index in [9.17, 15) is 4.79 Å². The van der Waals surface area contributed by atoms with Crippen LogP contribution in [0, 0.1) is 0 Å². The van der Waals surface area contributed by atoms with E-state index in [-0.39, 0.29) is 6.61 Å². The molecule has 1 aromatic heterocycles. The van der Waals surface area contributed by atoms with Crippen LogP contribution in [0.25, 0.3) is 0 Å². The van der Waals surface area contributed by atoms with E-state index in [1.807, 2.05) is 5.43 Å². The topological polar surface area (TPSA) is 106 Å². The summed E-state index contributed by atoms with van der Waals surface area (Å²) in [7, 11) is 0. The molecule has 0 spiro atoms. The highest BCUT2D eigenvalue weighted by atomic mass is 79.9. The van der Waals surface area contributed by atoms with Crippen molar-refractivity contribution in [3.63, 3.8) is 0 Å². The van der Waals surface area contributed by atoms with Crippen molar-refractivity contribution in [3.05, 3.63) is 51.6 Å². The third-order valence-corrected chi connectivity index (χ3v) is 3.55. The number of hydrazine groups is 2. The van der Waals surface area contributed by atoms with Gasteiger partial charge in [0.15, 0.2) is 0 Å². The molecule has 7 nitrogen and oxygen atoms in total. The zero-order valence-corrected chi connectivity index (χ0v) is 13.6. The number of hydrogen-bond acceptors (Lipinski definition) is 5. The predicted octanol–water partition coefficient (Wildman–Crippen LogP) is 2.34. The van der Waals surface area contributed by atoms with Gasteiger partial charge < -0.3 is 4.74 Å². The number of nitrogens with one attached hydrogen (secondary N) is 1. The molecule has 5 N–H and O–H groups in total. The molecule has 0 atom stereocenters. The lowest BCUT2D eigenvalue weighted by molar-refractivity contribution is 0.246. The lowest BCUT2D eigenvalue weighted by Gasteiger charge is -2.20. The van der Waals surface area contributed by atoms with Crippen molar-refractivity contribution in [1.82, 2.24) is 10.4 Å². The van der Waals surface area contributed by atoms with E-state index in [1.54, 1.807) is 36.4 Å². The molecule has 0 saturated carbocycles. The molecule has 116 valence electrons. The SMILES string of the molecule is NNC(=O)N(N)c1cccc(Cl)c1COc1cccc(Br)n1.